The van der Waals surface area contributed by atoms with Crippen molar-refractivity contribution in [2.24, 2.45) is 5.92 Å². The predicted molar refractivity (Wildman–Crippen MR) is 118 cm³/mol. The number of aromatic amines is 1. The number of carbonyl (C=O) groups excluding carboxylic acids is 1. The van der Waals surface area contributed by atoms with Crippen LogP contribution in [0, 0.1) is 24.2 Å². The number of amides is 1. The van der Waals surface area contributed by atoms with Crippen molar-refractivity contribution in [1.82, 2.24) is 9.97 Å². The van der Waals surface area contributed by atoms with Gasteiger partial charge in [0.15, 0.2) is 11.5 Å². The van der Waals surface area contributed by atoms with E-state index in [9.17, 15) is 14.9 Å². The summed E-state index contributed by atoms with van der Waals surface area (Å²) in [5.41, 5.74) is 1.75. The number of thiophene rings is 1. The Balaban J connectivity index is 1.45. The largest absolute Gasteiger partial charge is 0.486 e. The Hall–Kier alpha value is -3.84. The van der Waals surface area contributed by atoms with Crippen LogP contribution < -0.4 is 25.7 Å². The highest BCUT2D eigenvalue weighted by molar-refractivity contribution is 7.10. The minimum Gasteiger partial charge on any atom is -0.486 e. The Bertz CT molecular complexity index is 1310. The van der Waals surface area contributed by atoms with Crippen LogP contribution in [0.2, 0.25) is 0 Å². The summed E-state index contributed by atoms with van der Waals surface area (Å²) in [5.74, 6) is -0.357. The van der Waals surface area contributed by atoms with Crippen molar-refractivity contribution in [3.63, 3.8) is 0 Å². The Labute approximate surface area is 187 Å². The molecule has 4 heterocycles. The van der Waals surface area contributed by atoms with Crippen molar-refractivity contribution < 1.29 is 14.3 Å². The zero-order chi connectivity index (χ0) is 22.2. The fourth-order valence-corrected chi connectivity index (χ4v) is 5.04. The minimum atomic E-state index is -1.00. The molecule has 2 aliphatic rings. The van der Waals surface area contributed by atoms with E-state index < -0.39 is 23.3 Å². The van der Waals surface area contributed by atoms with Gasteiger partial charge in [0.1, 0.15) is 24.9 Å². The smallest absolute Gasteiger partial charge is 0.258 e. The molecular formula is C22H19N5O4S. The highest BCUT2D eigenvalue weighted by atomic mass is 32.1. The van der Waals surface area contributed by atoms with Crippen LogP contribution in [0.25, 0.3) is 0 Å². The number of benzene rings is 1. The molecule has 5 rings (SSSR count). The van der Waals surface area contributed by atoms with Gasteiger partial charge in [-0.2, -0.15) is 10.2 Å². The number of nitrogens with zero attached hydrogens (tertiary/aromatic N) is 2. The summed E-state index contributed by atoms with van der Waals surface area (Å²) in [4.78, 5) is 33.7. The molecule has 0 saturated heterocycles. The lowest BCUT2D eigenvalue weighted by atomic mass is 9.82. The van der Waals surface area contributed by atoms with Gasteiger partial charge in [0.2, 0.25) is 11.9 Å². The van der Waals surface area contributed by atoms with Crippen molar-refractivity contribution in [2.45, 2.75) is 19.4 Å². The quantitative estimate of drug-likeness (QED) is 0.558. The second-order valence-electron chi connectivity index (χ2n) is 7.55. The van der Waals surface area contributed by atoms with Gasteiger partial charge in [-0.15, -0.1) is 11.3 Å². The molecular weight excluding hydrogens is 430 g/mol. The topological polar surface area (TPSA) is 129 Å². The molecule has 0 saturated carbocycles. The fourth-order valence-electron chi connectivity index (χ4n) is 3.96. The van der Waals surface area contributed by atoms with E-state index in [-0.39, 0.29) is 11.8 Å². The second kappa shape index (κ2) is 8.01. The van der Waals surface area contributed by atoms with E-state index >= 15 is 0 Å². The summed E-state index contributed by atoms with van der Waals surface area (Å²) in [6.07, 6.45) is 0. The average molecular weight is 449 g/mol. The Morgan fingerprint density at radius 1 is 1.25 bits per heavy atom. The normalized spacial score (nSPS) is 18.9. The van der Waals surface area contributed by atoms with Crippen molar-refractivity contribution in [3.05, 3.63) is 61.6 Å². The van der Waals surface area contributed by atoms with Crippen molar-refractivity contribution in [3.8, 4) is 17.6 Å². The second-order valence-corrected chi connectivity index (χ2v) is 8.50. The van der Waals surface area contributed by atoms with Gasteiger partial charge in [-0.3, -0.25) is 14.6 Å². The first-order valence-corrected chi connectivity index (χ1v) is 10.9. The van der Waals surface area contributed by atoms with Gasteiger partial charge < -0.3 is 20.1 Å². The molecule has 32 heavy (non-hydrogen) atoms. The van der Waals surface area contributed by atoms with Crippen LogP contribution in [0.15, 0.2) is 34.4 Å². The lowest BCUT2D eigenvalue weighted by Crippen LogP contribution is -2.38. The van der Waals surface area contributed by atoms with E-state index in [4.69, 9.17) is 9.47 Å². The lowest BCUT2D eigenvalue weighted by molar-refractivity contribution is -0.119. The minimum absolute atomic E-state index is 0.174. The number of nitriles is 1. The van der Waals surface area contributed by atoms with Gasteiger partial charge in [0.25, 0.3) is 5.56 Å². The van der Waals surface area contributed by atoms with Gasteiger partial charge in [0, 0.05) is 11.4 Å². The highest BCUT2D eigenvalue weighted by Gasteiger charge is 2.41. The molecule has 0 radical (unpaired) electrons. The Morgan fingerprint density at radius 2 is 2.06 bits per heavy atom. The standard InChI is InChI=1S/C22H19N5O4S/c1-11-4-7-32-18(11)16-13(9-23)20(28)25-19-17(16)21(29)27-22(26-19)24-10-12-2-3-14-15(8-12)31-6-5-30-14/h2-4,7-8,13,16H,5-6,10H2,1H3,(H3,24,25,26,27,28,29). The average Bonchev–Trinajstić information content (AvgIpc) is 3.22. The molecule has 10 heteroatoms. The fraction of sp³-hybridized carbons (Fsp3) is 0.273. The third kappa shape index (κ3) is 3.46. The van der Waals surface area contributed by atoms with E-state index in [1.807, 2.05) is 42.6 Å². The van der Waals surface area contributed by atoms with E-state index in [0.717, 1.165) is 16.0 Å². The molecule has 0 spiro atoms. The number of hydrogen-bond acceptors (Lipinski definition) is 8. The van der Waals surface area contributed by atoms with Gasteiger partial charge >= 0.3 is 0 Å². The zero-order valence-electron chi connectivity index (χ0n) is 17.1. The molecule has 3 N–H and O–H groups in total. The van der Waals surface area contributed by atoms with Gasteiger partial charge in [-0.1, -0.05) is 6.07 Å². The number of H-pyrrole nitrogens is 1. The molecule has 2 aliphatic heterocycles. The van der Waals surface area contributed by atoms with Crippen LogP contribution in [0.4, 0.5) is 11.8 Å². The number of anilines is 2. The summed E-state index contributed by atoms with van der Waals surface area (Å²) < 4.78 is 11.1. The van der Waals surface area contributed by atoms with Crippen LogP contribution in [-0.4, -0.2) is 29.1 Å². The third-order valence-corrected chi connectivity index (χ3v) is 6.62. The van der Waals surface area contributed by atoms with Gasteiger partial charge in [-0.05, 0) is 41.6 Å². The molecule has 9 nitrogen and oxygen atoms in total. The third-order valence-electron chi connectivity index (χ3n) is 5.51. The molecule has 1 aromatic carbocycles. The van der Waals surface area contributed by atoms with Crippen LogP contribution in [0.5, 0.6) is 11.5 Å². The summed E-state index contributed by atoms with van der Waals surface area (Å²) >= 11 is 1.42. The zero-order valence-corrected chi connectivity index (χ0v) is 17.9. The molecule has 0 fully saturated rings. The lowest BCUT2D eigenvalue weighted by Gasteiger charge is -2.28. The first-order chi connectivity index (χ1) is 15.5. The maximum atomic E-state index is 13.0. The van der Waals surface area contributed by atoms with Gasteiger partial charge in [0.05, 0.1) is 17.6 Å². The van der Waals surface area contributed by atoms with Crippen molar-refractivity contribution in [2.75, 3.05) is 23.8 Å². The van der Waals surface area contributed by atoms with Crippen LogP contribution in [0.1, 0.15) is 27.5 Å². The van der Waals surface area contributed by atoms with E-state index in [1.54, 1.807) is 0 Å². The number of rotatable bonds is 4. The molecule has 0 aliphatic carbocycles. The molecule has 0 bridgehead atoms. The first kappa shape index (κ1) is 20.1. The molecule has 2 atom stereocenters. The summed E-state index contributed by atoms with van der Waals surface area (Å²) in [7, 11) is 0. The maximum absolute atomic E-state index is 13.0. The predicted octanol–water partition coefficient (Wildman–Crippen LogP) is 2.75. The SMILES string of the molecule is Cc1ccsc1C1c2c(nc(NCc3ccc4c(c3)OCCO4)[nH]c2=O)NC(=O)C1C#N. The number of hydrogen-bond donors (Lipinski definition) is 3. The molecule has 2 unspecified atom stereocenters. The van der Waals surface area contributed by atoms with E-state index in [1.165, 1.54) is 11.3 Å². The number of carbonyl (C=O) groups is 1. The van der Waals surface area contributed by atoms with Gasteiger partial charge in [-0.25, -0.2) is 0 Å². The number of nitrogens with one attached hydrogen (secondary N) is 3. The first-order valence-electron chi connectivity index (χ1n) is 10.1. The Kier molecular flexibility index (Phi) is 5.03. The van der Waals surface area contributed by atoms with Crippen LogP contribution in [0.3, 0.4) is 0 Å². The summed E-state index contributed by atoms with van der Waals surface area (Å²) in [6, 6.07) is 9.56. The number of ether oxygens (including phenoxy) is 2. The number of fused-ring (bicyclic) bond motifs is 2. The molecule has 162 valence electrons. The monoisotopic (exact) mass is 449 g/mol. The van der Waals surface area contributed by atoms with Crippen LogP contribution in [-0.2, 0) is 11.3 Å². The van der Waals surface area contributed by atoms with Crippen LogP contribution >= 0.6 is 11.3 Å². The van der Waals surface area contributed by atoms with Crippen molar-refractivity contribution in [1.29, 1.82) is 5.26 Å². The molecule has 2 aromatic heterocycles. The summed E-state index contributed by atoms with van der Waals surface area (Å²) in [6.45, 7) is 3.30. The maximum Gasteiger partial charge on any atom is 0.258 e. The van der Waals surface area contributed by atoms with Crippen molar-refractivity contribution >= 4 is 29.0 Å². The van der Waals surface area contributed by atoms with E-state index in [2.05, 4.69) is 20.6 Å². The Morgan fingerprint density at radius 3 is 2.81 bits per heavy atom. The molecule has 3 aromatic rings. The number of aromatic nitrogens is 2. The summed E-state index contributed by atoms with van der Waals surface area (Å²) in [5, 5.41) is 17.2. The van der Waals surface area contributed by atoms with E-state index in [0.29, 0.717) is 36.8 Å². The number of aryl methyl sites for hydroxylation is 1. The highest BCUT2D eigenvalue weighted by Crippen LogP contribution is 2.41. The molecule has 1 amide bonds.